The quantitative estimate of drug-likeness (QED) is 0.0645. The minimum Gasteiger partial charge on any atom is -0.490 e. The topological polar surface area (TPSA) is 58.9 Å². The van der Waals surface area contributed by atoms with E-state index in [0.29, 0.717) is 42.3 Å². The molecule has 0 bridgehead atoms. The van der Waals surface area contributed by atoms with Gasteiger partial charge in [-0.3, -0.25) is 4.79 Å². The minimum atomic E-state index is -0.246. The zero-order chi connectivity index (χ0) is 33.7. The lowest BCUT2D eigenvalue weighted by Crippen LogP contribution is -2.18. The molecule has 0 aliphatic rings. The van der Waals surface area contributed by atoms with Crippen molar-refractivity contribution in [2.45, 2.75) is 90.5 Å². The van der Waals surface area contributed by atoms with E-state index in [-0.39, 0.29) is 24.4 Å². The van der Waals surface area contributed by atoms with Gasteiger partial charge in [0.25, 0.3) is 0 Å². The number of pyridine rings is 1. The highest BCUT2D eigenvalue weighted by Crippen LogP contribution is 2.38. The lowest BCUT2D eigenvalue weighted by molar-refractivity contribution is 0.345. The van der Waals surface area contributed by atoms with Crippen LogP contribution in [0.1, 0.15) is 84.0 Å². The summed E-state index contributed by atoms with van der Waals surface area (Å²) in [4.78, 5) is 14.3. The van der Waals surface area contributed by atoms with E-state index < -0.39 is 0 Å². The van der Waals surface area contributed by atoms with Gasteiger partial charge in [0.15, 0.2) is 5.75 Å². The number of hydrogen-bond acceptors (Lipinski definition) is 5. The van der Waals surface area contributed by atoms with E-state index in [1.54, 1.807) is 30.4 Å². The van der Waals surface area contributed by atoms with Gasteiger partial charge >= 0.3 is 0 Å². The molecule has 0 N–H and O–H groups in total. The maximum absolute atomic E-state index is 14.3. The molecule has 2 aromatic carbocycles. The number of nitrogens with zero attached hydrogens (tertiary/aromatic N) is 1. The Hall–Kier alpha value is -4.19. The molecule has 1 aromatic heterocycles. The van der Waals surface area contributed by atoms with Crippen LogP contribution in [0, 0.1) is 0 Å². The third-order valence-corrected chi connectivity index (χ3v) is 8.06. The Morgan fingerprint density at radius 3 is 1.70 bits per heavy atom. The van der Waals surface area contributed by atoms with Gasteiger partial charge in [0, 0.05) is 24.2 Å². The molecule has 3 rings (SSSR count). The maximum Gasteiger partial charge on any atom is 0.235 e. The van der Waals surface area contributed by atoms with Gasteiger partial charge in [0.05, 0.1) is 16.6 Å². The molecule has 0 aliphatic heterocycles. The van der Waals surface area contributed by atoms with Crippen LogP contribution in [0.3, 0.4) is 0 Å². The Morgan fingerprint density at radius 1 is 0.617 bits per heavy atom. The van der Waals surface area contributed by atoms with Crippen LogP contribution in [-0.2, 0) is 6.54 Å². The molecule has 0 saturated carbocycles. The van der Waals surface area contributed by atoms with E-state index in [1.165, 1.54) is 64.2 Å². The second-order valence-corrected chi connectivity index (χ2v) is 11.8. The van der Waals surface area contributed by atoms with Crippen LogP contribution in [0.5, 0.6) is 23.0 Å². The number of aryl methyl sites for hydroxylation is 1. The summed E-state index contributed by atoms with van der Waals surface area (Å²) in [6.07, 6.45) is 21.9. The van der Waals surface area contributed by atoms with Crippen molar-refractivity contribution in [3.05, 3.63) is 97.2 Å². The zero-order valence-electron chi connectivity index (χ0n) is 28.6. The highest BCUT2D eigenvalue weighted by atomic mass is 16.5. The lowest BCUT2D eigenvalue weighted by Gasteiger charge is -2.23. The van der Waals surface area contributed by atoms with E-state index in [0.717, 1.165) is 29.7 Å². The molecular formula is C41H55NO5. The number of unbranched alkanes of at least 4 members (excludes halogenated alkanes) is 11. The maximum atomic E-state index is 14.3. The van der Waals surface area contributed by atoms with Gasteiger partial charge in [-0.1, -0.05) is 128 Å². The summed E-state index contributed by atoms with van der Waals surface area (Å²) >= 11 is 0. The minimum absolute atomic E-state index is 0.191. The van der Waals surface area contributed by atoms with Crippen LogP contribution in [0.15, 0.2) is 91.8 Å². The molecule has 0 spiro atoms. The highest BCUT2D eigenvalue weighted by Gasteiger charge is 2.23. The van der Waals surface area contributed by atoms with Gasteiger partial charge in [-0.15, -0.1) is 0 Å². The summed E-state index contributed by atoms with van der Waals surface area (Å²) < 4.78 is 26.1. The van der Waals surface area contributed by atoms with Gasteiger partial charge in [-0.25, -0.2) is 0 Å². The molecule has 0 unspecified atom stereocenters. The number of hydrogen-bond donors (Lipinski definition) is 0. The van der Waals surface area contributed by atoms with Crippen molar-refractivity contribution in [2.75, 3.05) is 26.4 Å². The van der Waals surface area contributed by atoms with Crippen LogP contribution < -0.4 is 24.4 Å². The molecule has 1 heterocycles. The van der Waals surface area contributed by atoms with E-state index in [9.17, 15) is 4.79 Å². The summed E-state index contributed by atoms with van der Waals surface area (Å²) in [7, 11) is 0. The van der Waals surface area contributed by atoms with Gasteiger partial charge in [0.1, 0.15) is 43.7 Å². The van der Waals surface area contributed by atoms with E-state index in [2.05, 4.69) is 37.8 Å². The van der Waals surface area contributed by atoms with Gasteiger partial charge < -0.3 is 23.5 Å². The van der Waals surface area contributed by atoms with Crippen LogP contribution in [0.25, 0.3) is 22.2 Å². The van der Waals surface area contributed by atoms with E-state index in [4.69, 9.17) is 18.9 Å². The number of fused-ring (bicyclic) bond motifs is 1. The Morgan fingerprint density at radius 2 is 1.13 bits per heavy atom. The first kappa shape index (κ1) is 37.3. The normalized spacial score (nSPS) is 10.8. The Labute approximate surface area is 282 Å². The number of ether oxygens (including phenoxy) is 4. The standard InChI is InChI=1S/C41H55NO5/c1-6-11-12-13-14-15-16-17-18-19-20-21-26-42-36-31-35(45-28-8-3)32-37(46-29-9-4)38(36)40(43)41(47-30-10-5)39(42)33-22-24-34(25-23-33)44-27-7-2/h7-10,22-25,31-32H,2-6,11-21,26-30H2,1H3. The molecule has 0 saturated heterocycles. The van der Waals surface area contributed by atoms with Gasteiger partial charge in [0.2, 0.25) is 5.43 Å². The lowest BCUT2D eigenvalue weighted by atomic mass is 10.0. The van der Waals surface area contributed by atoms with Crippen molar-refractivity contribution >= 4 is 10.9 Å². The average Bonchev–Trinajstić information content (AvgIpc) is 3.09. The van der Waals surface area contributed by atoms with Crippen molar-refractivity contribution < 1.29 is 18.9 Å². The van der Waals surface area contributed by atoms with Crippen molar-refractivity contribution in [3.8, 4) is 34.3 Å². The second-order valence-electron chi connectivity index (χ2n) is 11.8. The molecule has 47 heavy (non-hydrogen) atoms. The summed E-state index contributed by atoms with van der Waals surface area (Å²) in [6, 6.07) is 11.4. The highest BCUT2D eigenvalue weighted by molar-refractivity contribution is 5.92. The molecule has 6 nitrogen and oxygen atoms in total. The molecule has 0 amide bonds. The van der Waals surface area contributed by atoms with Crippen molar-refractivity contribution in [2.24, 2.45) is 0 Å². The number of rotatable bonds is 26. The molecule has 3 aromatic rings. The van der Waals surface area contributed by atoms with Crippen molar-refractivity contribution in [3.63, 3.8) is 0 Å². The smallest absolute Gasteiger partial charge is 0.235 e. The summed E-state index contributed by atoms with van der Waals surface area (Å²) in [5.41, 5.74) is 2.04. The van der Waals surface area contributed by atoms with Crippen LogP contribution in [0.2, 0.25) is 0 Å². The average molecular weight is 642 g/mol. The number of aromatic nitrogens is 1. The first-order chi connectivity index (χ1) is 23.1. The van der Waals surface area contributed by atoms with E-state index in [1.807, 2.05) is 30.3 Å². The Bertz CT molecular complexity index is 1470. The van der Waals surface area contributed by atoms with Crippen LogP contribution >= 0.6 is 0 Å². The van der Waals surface area contributed by atoms with Crippen molar-refractivity contribution in [1.82, 2.24) is 4.57 Å². The SMILES string of the molecule is C=CCOc1ccc(-c2c(OCC=C)c(=O)c3c(OCC=C)cc(OCC=C)cc3n2CCCCCCCCCCCCCC)cc1. The fourth-order valence-electron chi connectivity index (χ4n) is 5.75. The van der Waals surface area contributed by atoms with Crippen molar-refractivity contribution in [1.29, 1.82) is 0 Å². The first-order valence-corrected chi connectivity index (χ1v) is 17.4. The Balaban J connectivity index is 2.00. The summed E-state index contributed by atoms with van der Waals surface area (Å²) in [5, 5.41) is 0.450. The predicted octanol–water partition coefficient (Wildman–Crippen LogP) is 10.6. The summed E-state index contributed by atoms with van der Waals surface area (Å²) in [6.45, 7) is 19.3. The third kappa shape index (κ3) is 11.5. The predicted molar refractivity (Wildman–Crippen MR) is 197 cm³/mol. The first-order valence-electron chi connectivity index (χ1n) is 17.4. The van der Waals surface area contributed by atoms with E-state index >= 15 is 0 Å². The molecule has 0 aliphatic carbocycles. The monoisotopic (exact) mass is 641 g/mol. The molecular weight excluding hydrogens is 586 g/mol. The molecule has 0 fully saturated rings. The van der Waals surface area contributed by atoms with Gasteiger partial charge in [-0.05, 0) is 30.7 Å². The largest absolute Gasteiger partial charge is 0.490 e. The van der Waals surface area contributed by atoms with Crippen LogP contribution in [-0.4, -0.2) is 31.0 Å². The molecule has 0 radical (unpaired) electrons. The molecule has 6 heteroatoms. The fourth-order valence-corrected chi connectivity index (χ4v) is 5.75. The molecule has 254 valence electrons. The number of benzene rings is 2. The molecule has 0 atom stereocenters. The third-order valence-electron chi connectivity index (χ3n) is 8.06. The zero-order valence-corrected chi connectivity index (χ0v) is 28.6. The van der Waals surface area contributed by atoms with Gasteiger partial charge in [-0.2, -0.15) is 0 Å². The summed E-state index contributed by atoms with van der Waals surface area (Å²) in [5.74, 6) is 2.01. The second kappa shape index (κ2) is 21.6. The fraction of sp³-hybridized carbons (Fsp3) is 0.439. The Kier molecular flexibility index (Phi) is 17.1. The van der Waals surface area contributed by atoms with Crippen LogP contribution in [0.4, 0.5) is 0 Å².